The number of amides is 2. The smallest absolute Gasteiger partial charge is 0.258 e. The van der Waals surface area contributed by atoms with Gasteiger partial charge in [-0.25, -0.2) is 8.78 Å². The predicted molar refractivity (Wildman–Crippen MR) is 91.7 cm³/mol. The van der Waals surface area contributed by atoms with Crippen molar-refractivity contribution in [2.75, 3.05) is 22.9 Å². The lowest BCUT2D eigenvalue weighted by Gasteiger charge is -2.22. The van der Waals surface area contributed by atoms with Crippen molar-refractivity contribution < 1.29 is 18.4 Å². The van der Waals surface area contributed by atoms with Crippen LogP contribution < -0.4 is 9.80 Å². The van der Waals surface area contributed by atoms with Crippen LogP contribution in [0.25, 0.3) is 0 Å². The van der Waals surface area contributed by atoms with E-state index < -0.39 is 11.6 Å². The summed E-state index contributed by atoms with van der Waals surface area (Å²) in [6, 6.07) is 10.1. The van der Waals surface area contributed by atoms with Gasteiger partial charge < -0.3 is 9.80 Å². The Morgan fingerprint density at radius 1 is 1.12 bits per heavy atom. The first kappa shape index (κ1) is 17.1. The normalized spacial score (nSPS) is 14.0. The molecule has 1 saturated heterocycles. The van der Waals surface area contributed by atoms with Crippen molar-refractivity contribution in [1.82, 2.24) is 0 Å². The number of nitrogens with zero attached hydrogens (tertiary/aromatic N) is 2. The molecule has 2 amide bonds. The standard InChI is InChI=1S/C19H18F2N2O2/c1-2-22(15-9-10-16(20)17(21)12-15)19(25)13-5-7-14(8-6-13)23-11-3-4-18(23)24/h5-10,12H,2-4,11H2,1H3. The molecule has 0 aliphatic carbocycles. The van der Waals surface area contributed by atoms with E-state index in [1.54, 1.807) is 36.1 Å². The van der Waals surface area contributed by atoms with E-state index in [0.717, 1.165) is 24.2 Å². The first-order valence-electron chi connectivity index (χ1n) is 8.18. The Morgan fingerprint density at radius 3 is 2.40 bits per heavy atom. The van der Waals surface area contributed by atoms with E-state index in [1.807, 2.05) is 0 Å². The lowest BCUT2D eigenvalue weighted by Crippen LogP contribution is -2.31. The summed E-state index contributed by atoms with van der Waals surface area (Å²) in [4.78, 5) is 27.5. The van der Waals surface area contributed by atoms with Gasteiger partial charge in [0.05, 0.1) is 0 Å². The molecule has 0 N–H and O–H groups in total. The summed E-state index contributed by atoms with van der Waals surface area (Å²) in [6.45, 7) is 2.76. The maximum atomic E-state index is 13.5. The summed E-state index contributed by atoms with van der Waals surface area (Å²) in [7, 11) is 0. The summed E-state index contributed by atoms with van der Waals surface area (Å²) >= 11 is 0. The Labute approximate surface area is 144 Å². The highest BCUT2D eigenvalue weighted by molar-refractivity contribution is 6.06. The molecule has 0 aromatic heterocycles. The van der Waals surface area contributed by atoms with Gasteiger partial charge in [0.2, 0.25) is 5.91 Å². The van der Waals surface area contributed by atoms with Crippen molar-refractivity contribution in [1.29, 1.82) is 0 Å². The van der Waals surface area contributed by atoms with Crippen LogP contribution in [0.15, 0.2) is 42.5 Å². The second kappa shape index (κ2) is 7.01. The van der Waals surface area contributed by atoms with Crippen LogP contribution in [-0.2, 0) is 4.79 Å². The molecule has 25 heavy (non-hydrogen) atoms. The summed E-state index contributed by atoms with van der Waals surface area (Å²) in [5.74, 6) is -2.18. The lowest BCUT2D eigenvalue weighted by molar-refractivity contribution is -0.117. The molecular weight excluding hydrogens is 326 g/mol. The molecule has 6 heteroatoms. The molecule has 1 fully saturated rings. The maximum Gasteiger partial charge on any atom is 0.258 e. The quantitative estimate of drug-likeness (QED) is 0.847. The molecule has 0 bridgehead atoms. The minimum Gasteiger partial charge on any atom is -0.312 e. The third-order valence-electron chi connectivity index (χ3n) is 4.28. The number of halogens is 2. The minimum absolute atomic E-state index is 0.0797. The first-order chi connectivity index (χ1) is 12.0. The summed E-state index contributed by atoms with van der Waals surface area (Å²) < 4.78 is 26.6. The fourth-order valence-corrected chi connectivity index (χ4v) is 2.96. The average molecular weight is 344 g/mol. The number of hydrogen-bond acceptors (Lipinski definition) is 2. The number of anilines is 2. The molecule has 0 atom stereocenters. The van der Waals surface area contributed by atoms with E-state index >= 15 is 0 Å². The topological polar surface area (TPSA) is 40.6 Å². The highest BCUT2D eigenvalue weighted by Gasteiger charge is 2.22. The monoisotopic (exact) mass is 344 g/mol. The van der Waals surface area contributed by atoms with Crippen molar-refractivity contribution >= 4 is 23.2 Å². The average Bonchev–Trinajstić information content (AvgIpc) is 3.04. The van der Waals surface area contributed by atoms with Gasteiger partial charge in [0.1, 0.15) is 0 Å². The number of carbonyl (C=O) groups excluding carboxylic acids is 2. The van der Waals surface area contributed by atoms with Crippen molar-refractivity contribution in [2.45, 2.75) is 19.8 Å². The van der Waals surface area contributed by atoms with Crippen LogP contribution in [0.2, 0.25) is 0 Å². The molecule has 0 unspecified atom stereocenters. The van der Waals surface area contributed by atoms with Gasteiger partial charge in [-0.05, 0) is 49.7 Å². The van der Waals surface area contributed by atoms with Gasteiger partial charge in [-0.1, -0.05) is 0 Å². The fourth-order valence-electron chi connectivity index (χ4n) is 2.96. The highest BCUT2D eigenvalue weighted by atomic mass is 19.2. The Morgan fingerprint density at radius 2 is 1.84 bits per heavy atom. The first-order valence-corrected chi connectivity index (χ1v) is 8.18. The van der Waals surface area contributed by atoms with Gasteiger partial charge in [0, 0.05) is 42.5 Å². The summed E-state index contributed by atoms with van der Waals surface area (Å²) in [5, 5.41) is 0. The van der Waals surface area contributed by atoms with Gasteiger partial charge in [0.15, 0.2) is 11.6 Å². The van der Waals surface area contributed by atoms with Gasteiger partial charge in [-0.15, -0.1) is 0 Å². The molecule has 1 heterocycles. The van der Waals surface area contributed by atoms with Gasteiger partial charge >= 0.3 is 0 Å². The summed E-state index contributed by atoms with van der Waals surface area (Å²) in [6.07, 6.45) is 1.37. The molecule has 130 valence electrons. The second-order valence-electron chi connectivity index (χ2n) is 5.84. The van der Waals surface area contributed by atoms with Crippen LogP contribution in [0.1, 0.15) is 30.1 Å². The summed E-state index contributed by atoms with van der Waals surface area (Å²) in [5.41, 5.74) is 1.47. The Kier molecular flexibility index (Phi) is 4.79. The number of hydrogen-bond donors (Lipinski definition) is 0. The van der Waals surface area contributed by atoms with E-state index in [1.165, 1.54) is 11.0 Å². The number of rotatable bonds is 4. The third-order valence-corrected chi connectivity index (χ3v) is 4.28. The Balaban J connectivity index is 1.83. The molecule has 2 aromatic carbocycles. The molecule has 3 rings (SSSR count). The third kappa shape index (κ3) is 3.38. The zero-order chi connectivity index (χ0) is 18.0. The Bertz CT molecular complexity index is 806. The van der Waals surface area contributed by atoms with E-state index in [4.69, 9.17) is 0 Å². The lowest BCUT2D eigenvalue weighted by atomic mass is 10.1. The molecule has 2 aromatic rings. The predicted octanol–water partition coefficient (Wildman–Crippen LogP) is 3.76. The number of benzene rings is 2. The van der Waals surface area contributed by atoms with E-state index in [-0.39, 0.29) is 11.8 Å². The maximum absolute atomic E-state index is 13.5. The van der Waals surface area contributed by atoms with E-state index in [9.17, 15) is 18.4 Å². The largest absolute Gasteiger partial charge is 0.312 e. The Hall–Kier alpha value is -2.76. The van der Waals surface area contributed by atoms with Gasteiger partial charge in [-0.2, -0.15) is 0 Å². The van der Waals surface area contributed by atoms with Crippen LogP contribution in [0, 0.1) is 11.6 Å². The van der Waals surface area contributed by atoms with Gasteiger partial charge in [0.25, 0.3) is 5.91 Å². The fraction of sp³-hybridized carbons (Fsp3) is 0.263. The van der Waals surface area contributed by atoms with E-state index in [2.05, 4.69) is 0 Å². The van der Waals surface area contributed by atoms with Crippen LogP contribution in [0.5, 0.6) is 0 Å². The molecule has 0 spiro atoms. The van der Waals surface area contributed by atoms with E-state index in [0.29, 0.717) is 30.8 Å². The molecule has 1 aliphatic heterocycles. The van der Waals surface area contributed by atoms with Crippen molar-refractivity contribution in [3.8, 4) is 0 Å². The molecule has 0 saturated carbocycles. The van der Waals surface area contributed by atoms with Crippen molar-refractivity contribution in [3.05, 3.63) is 59.7 Å². The van der Waals surface area contributed by atoms with Crippen molar-refractivity contribution in [3.63, 3.8) is 0 Å². The zero-order valence-corrected chi connectivity index (χ0v) is 13.8. The molecule has 0 radical (unpaired) electrons. The van der Waals surface area contributed by atoms with Crippen molar-refractivity contribution in [2.24, 2.45) is 0 Å². The SMILES string of the molecule is CCN(C(=O)c1ccc(N2CCCC2=O)cc1)c1ccc(F)c(F)c1. The molecule has 4 nitrogen and oxygen atoms in total. The van der Waals surface area contributed by atoms with Crippen LogP contribution >= 0.6 is 0 Å². The zero-order valence-electron chi connectivity index (χ0n) is 13.8. The molecular formula is C19H18F2N2O2. The second-order valence-corrected chi connectivity index (χ2v) is 5.84. The van der Waals surface area contributed by atoms with Crippen LogP contribution in [0.4, 0.5) is 20.2 Å². The van der Waals surface area contributed by atoms with Crippen LogP contribution in [-0.4, -0.2) is 24.9 Å². The minimum atomic E-state index is -0.994. The van der Waals surface area contributed by atoms with Gasteiger partial charge in [-0.3, -0.25) is 9.59 Å². The number of carbonyl (C=O) groups is 2. The molecule has 1 aliphatic rings. The highest BCUT2D eigenvalue weighted by Crippen LogP contribution is 2.24. The van der Waals surface area contributed by atoms with Crippen LogP contribution in [0.3, 0.4) is 0 Å².